The van der Waals surface area contributed by atoms with Gasteiger partial charge in [0, 0.05) is 26.1 Å². The van der Waals surface area contributed by atoms with Crippen LogP contribution in [0.15, 0.2) is 0 Å². The summed E-state index contributed by atoms with van der Waals surface area (Å²) < 4.78 is 5.68. The summed E-state index contributed by atoms with van der Waals surface area (Å²) in [6, 6.07) is -0.610. The van der Waals surface area contributed by atoms with Crippen LogP contribution in [-0.2, 0) is 14.3 Å². The number of hydrogen-bond donors (Lipinski definition) is 1. The molecule has 6 nitrogen and oxygen atoms in total. The molecule has 1 N–H and O–H groups in total. The molecule has 2 fully saturated rings. The number of hydrogen-bond acceptors (Lipinski definition) is 4. The zero-order valence-electron chi connectivity index (χ0n) is 13.0. The predicted octanol–water partition coefficient (Wildman–Crippen LogP) is 0.951. The Balaban J connectivity index is 1.73. The first kappa shape index (κ1) is 16.2. The monoisotopic (exact) mass is 298 g/mol. The summed E-state index contributed by atoms with van der Waals surface area (Å²) in [4.78, 5) is 27.1. The number of carbonyl (C=O) groups excluding carboxylic acids is 1. The molecule has 0 saturated carbocycles. The minimum atomic E-state index is -0.878. The number of nitrogens with zero attached hydrogens (tertiary/aromatic N) is 2. The molecule has 0 radical (unpaired) electrons. The van der Waals surface area contributed by atoms with Crippen molar-refractivity contribution in [1.29, 1.82) is 0 Å². The quantitative estimate of drug-likeness (QED) is 0.818. The third-order valence-electron chi connectivity index (χ3n) is 4.22. The molecule has 2 aliphatic rings. The maximum absolute atomic E-state index is 12.1. The van der Waals surface area contributed by atoms with E-state index in [1.807, 2.05) is 0 Å². The van der Waals surface area contributed by atoms with E-state index in [9.17, 15) is 9.59 Å². The molecular weight excluding hydrogens is 272 g/mol. The molecule has 0 aromatic rings. The van der Waals surface area contributed by atoms with Gasteiger partial charge in [-0.2, -0.15) is 0 Å². The first-order valence-electron chi connectivity index (χ1n) is 7.87. The topological polar surface area (TPSA) is 70.1 Å². The maximum atomic E-state index is 12.1. The molecule has 0 aromatic carbocycles. The van der Waals surface area contributed by atoms with Crippen LogP contribution in [0.1, 0.15) is 39.5 Å². The van der Waals surface area contributed by atoms with E-state index in [-0.39, 0.29) is 18.1 Å². The molecule has 2 heterocycles. The summed E-state index contributed by atoms with van der Waals surface area (Å²) in [5.74, 6) is -0.897. The molecule has 6 heteroatoms. The largest absolute Gasteiger partial charge is 0.480 e. The van der Waals surface area contributed by atoms with Crippen LogP contribution in [0.25, 0.3) is 0 Å². The standard InChI is InChI=1S/C15H26N2O4/c1-11-9-16(10-12(2)21-11)7-4-6-14(18)17-8-3-5-13(17)15(19)20/h11-13H,3-10H2,1-2H3,(H,19,20). The van der Waals surface area contributed by atoms with Gasteiger partial charge < -0.3 is 14.7 Å². The fraction of sp³-hybridized carbons (Fsp3) is 0.867. The van der Waals surface area contributed by atoms with Crippen LogP contribution in [0.5, 0.6) is 0 Å². The van der Waals surface area contributed by atoms with Gasteiger partial charge in [-0.3, -0.25) is 9.69 Å². The van der Waals surface area contributed by atoms with Crippen molar-refractivity contribution in [2.24, 2.45) is 0 Å². The zero-order chi connectivity index (χ0) is 15.4. The van der Waals surface area contributed by atoms with Crippen LogP contribution in [0.4, 0.5) is 0 Å². The number of rotatable bonds is 5. The van der Waals surface area contributed by atoms with Crippen molar-refractivity contribution in [2.45, 2.75) is 57.8 Å². The van der Waals surface area contributed by atoms with Gasteiger partial charge in [-0.05, 0) is 39.7 Å². The number of carbonyl (C=O) groups is 2. The maximum Gasteiger partial charge on any atom is 0.326 e. The molecule has 0 bridgehead atoms. The fourth-order valence-electron chi connectivity index (χ4n) is 3.39. The van der Waals surface area contributed by atoms with Crippen LogP contribution in [-0.4, -0.2) is 71.2 Å². The highest BCUT2D eigenvalue weighted by atomic mass is 16.5. The normalized spacial score (nSPS) is 30.6. The van der Waals surface area contributed by atoms with Crippen LogP contribution in [0.3, 0.4) is 0 Å². The summed E-state index contributed by atoms with van der Waals surface area (Å²) >= 11 is 0. The molecule has 120 valence electrons. The SMILES string of the molecule is CC1CN(CCCC(=O)N2CCCC2C(=O)O)CC(C)O1. The molecule has 1 amide bonds. The molecule has 2 rings (SSSR count). The van der Waals surface area contributed by atoms with E-state index < -0.39 is 12.0 Å². The number of carboxylic acids is 1. The molecular formula is C15H26N2O4. The van der Waals surface area contributed by atoms with Crippen molar-refractivity contribution in [2.75, 3.05) is 26.2 Å². The van der Waals surface area contributed by atoms with Crippen molar-refractivity contribution in [3.8, 4) is 0 Å². The van der Waals surface area contributed by atoms with E-state index in [0.29, 0.717) is 19.4 Å². The minimum absolute atomic E-state index is 0.0192. The highest BCUT2D eigenvalue weighted by molar-refractivity contribution is 5.84. The molecule has 0 aliphatic carbocycles. The number of morpholine rings is 1. The Morgan fingerprint density at radius 2 is 1.90 bits per heavy atom. The highest BCUT2D eigenvalue weighted by Crippen LogP contribution is 2.19. The summed E-state index contributed by atoms with van der Waals surface area (Å²) in [5.41, 5.74) is 0. The van der Waals surface area contributed by atoms with Crippen molar-refractivity contribution < 1.29 is 19.4 Å². The van der Waals surface area contributed by atoms with Crippen LogP contribution in [0, 0.1) is 0 Å². The second-order valence-corrected chi connectivity index (χ2v) is 6.20. The minimum Gasteiger partial charge on any atom is -0.480 e. The fourth-order valence-corrected chi connectivity index (χ4v) is 3.39. The summed E-state index contributed by atoms with van der Waals surface area (Å²) in [5, 5.41) is 9.10. The van der Waals surface area contributed by atoms with Gasteiger partial charge in [-0.25, -0.2) is 4.79 Å². The van der Waals surface area contributed by atoms with Crippen molar-refractivity contribution in [3.05, 3.63) is 0 Å². The number of aliphatic carboxylic acids is 1. The lowest BCUT2D eigenvalue weighted by Gasteiger charge is -2.35. The Hall–Kier alpha value is -1.14. The average molecular weight is 298 g/mol. The average Bonchev–Trinajstić information content (AvgIpc) is 2.86. The van der Waals surface area contributed by atoms with E-state index in [0.717, 1.165) is 32.5 Å². The van der Waals surface area contributed by atoms with Crippen molar-refractivity contribution in [1.82, 2.24) is 9.80 Å². The molecule has 0 spiro atoms. The highest BCUT2D eigenvalue weighted by Gasteiger charge is 2.33. The first-order chi connectivity index (χ1) is 9.97. The number of ether oxygens (including phenoxy) is 1. The lowest BCUT2D eigenvalue weighted by molar-refractivity contribution is -0.148. The molecule has 3 unspecified atom stereocenters. The third-order valence-corrected chi connectivity index (χ3v) is 4.22. The lowest BCUT2D eigenvalue weighted by atomic mass is 10.2. The Bertz CT molecular complexity index is 378. The summed E-state index contributed by atoms with van der Waals surface area (Å²) in [6.45, 7) is 7.39. The van der Waals surface area contributed by atoms with Crippen LogP contribution in [0.2, 0.25) is 0 Å². The van der Waals surface area contributed by atoms with E-state index in [1.54, 1.807) is 0 Å². The molecule has 0 aromatic heterocycles. The zero-order valence-corrected chi connectivity index (χ0v) is 13.0. The Morgan fingerprint density at radius 3 is 2.52 bits per heavy atom. The lowest BCUT2D eigenvalue weighted by Crippen LogP contribution is -2.46. The Morgan fingerprint density at radius 1 is 1.24 bits per heavy atom. The van der Waals surface area contributed by atoms with Crippen LogP contribution < -0.4 is 0 Å². The van der Waals surface area contributed by atoms with Gasteiger partial charge >= 0.3 is 5.97 Å². The smallest absolute Gasteiger partial charge is 0.326 e. The molecule has 21 heavy (non-hydrogen) atoms. The third kappa shape index (κ3) is 4.41. The van der Waals surface area contributed by atoms with E-state index in [1.165, 1.54) is 4.90 Å². The van der Waals surface area contributed by atoms with Gasteiger partial charge in [0.05, 0.1) is 12.2 Å². The van der Waals surface area contributed by atoms with Crippen molar-refractivity contribution >= 4 is 11.9 Å². The summed E-state index contributed by atoms with van der Waals surface area (Å²) in [7, 11) is 0. The molecule has 2 saturated heterocycles. The van der Waals surface area contributed by atoms with Gasteiger partial charge in [0.1, 0.15) is 6.04 Å². The molecule has 3 atom stereocenters. The predicted molar refractivity (Wildman–Crippen MR) is 78.1 cm³/mol. The number of likely N-dealkylation sites (tertiary alicyclic amines) is 1. The van der Waals surface area contributed by atoms with Gasteiger partial charge in [0.15, 0.2) is 0 Å². The second kappa shape index (κ2) is 7.22. The van der Waals surface area contributed by atoms with Crippen molar-refractivity contribution in [3.63, 3.8) is 0 Å². The van der Waals surface area contributed by atoms with Gasteiger partial charge in [0.25, 0.3) is 0 Å². The summed E-state index contributed by atoms with van der Waals surface area (Å²) in [6.07, 6.45) is 3.06. The second-order valence-electron chi connectivity index (χ2n) is 6.20. The Labute approximate surface area is 126 Å². The van der Waals surface area contributed by atoms with Gasteiger partial charge in [0.2, 0.25) is 5.91 Å². The van der Waals surface area contributed by atoms with E-state index in [2.05, 4.69) is 18.7 Å². The Kier molecular flexibility index (Phi) is 5.58. The number of carboxylic acid groups (broad SMARTS) is 1. The van der Waals surface area contributed by atoms with Gasteiger partial charge in [-0.15, -0.1) is 0 Å². The van der Waals surface area contributed by atoms with Crippen LogP contribution >= 0.6 is 0 Å². The van der Waals surface area contributed by atoms with E-state index >= 15 is 0 Å². The number of amides is 1. The molecule has 2 aliphatic heterocycles. The first-order valence-corrected chi connectivity index (χ1v) is 7.87. The van der Waals surface area contributed by atoms with E-state index in [4.69, 9.17) is 9.84 Å². The van der Waals surface area contributed by atoms with Gasteiger partial charge in [-0.1, -0.05) is 0 Å².